The maximum atomic E-state index is 12.4. The third-order valence-corrected chi connectivity index (χ3v) is 4.58. The highest BCUT2D eigenvalue weighted by atomic mass is 35.5. The van der Waals surface area contributed by atoms with Crippen molar-refractivity contribution in [1.82, 2.24) is 0 Å². The lowest BCUT2D eigenvalue weighted by atomic mass is 10.2. The van der Waals surface area contributed by atoms with Crippen LogP contribution in [0.1, 0.15) is 5.56 Å². The minimum absolute atomic E-state index is 0.171. The van der Waals surface area contributed by atoms with Crippen LogP contribution in [0.3, 0.4) is 0 Å². The van der Waals surface area contributed by atoms with Crippen LogP contribution in [-0.4, -0.2) is 14.8 Å². The summed E-state index contributed by atoms with van der Waals surface area (Å²) in [6.07, 6.45) is -4.94. The molecular weight excluding hydrogens is 355 g/mol. The fraction of sp³-hybridized carbons (Fsp3) is 0.143. The van der Waals surface area contributed by atoms with Crippen molar-refractivity contribution in [3.63, 3.8) is 0 Å². The van der Waals surface area contributed by atoms with E-state index >= 15 is 0 Å². The molecular formula is C14H11ClF3NO3S. The molecule has 0 bridgehead atoms. The van der Waals surface area contributed by atoms with Gasteiger partial charge in [-0.25, -0.2) is 8.42 Å². The third kappa shape index (κ3) is 4.52. The van der Waals surface area contributed by atoms with Gasteiger partial charge in [0, 0.05) is 5.02 Å². The van der Waals surface area contributed by atoms with E-state index in [4.69, 9.17) is 11.6 Å². The number of sulfonamides is 1. The first-order valence-corrected chi connectivity index (χ1v) is 8.08. The second-order valence-corrected chi connectivity index (χ2v) is 6.65. The highest BCUT2D eigenvalue weighted by molar-refractivity contribution is 7.92. The number of hydrogen-bond acceptors (Lipinski definition) is 3. The number of nitrogens with one attached hydrogen (secondary N) is 1. The van der Waals surface area contributed by atoms with Gasteiger partial charge >= 0.3 is 6.36 Å². The van der Waals surface area contributed by atoms with Gasteiger partial charge in [-0.1, -0.05) is 29.8 Å². The standard InChI is InChI=1S/C14H11ClF3NO3S/c1-9-6-7-10(8-11(9)15)23(20,21)19-12-4-2-3-5-13(12)22-14(16,17)18/h2-8,19H,1H3. The first-order valence-electron chi connectivity index (χ1n) is 6.22. The molecule has 0 atom stereocenters. The molecule has 0 aliphatic carbocycles. The van der Waals surface area contributed by atoms with Crippen molar-refractivity contribution in [2.75, 3.05) is 4.72 Å². The number of alkyl halides is 3. The predicted molar refractivity (Wildman–Crippen MR) is 80.1 cm³/mol. The molecule has 0 radical (unpaired) electrons. The van der Waals surface area contributed by atoms with Crippen LogP contribution in [0.25, 0.3) is 0 Å². The zero-order valence-electron chi connectivity index (χ0n) is 11.7. The van der Waals surface area contributed by atoms with Gasteiger partial charge in [-0.15, -0.1) is 13.2 Å². The molecule has 4 nitrogen and oxygen atoms in total. The Labute approximate surface area is 135 Å². The number of para-hydroxylation sites is 2. The van der Waals surface area contributed by atoms with Crippen LogP contribution in [0.4, 0.5) is 18.9 Å². The number of aryl methyl sites for hydroxylation is 1. The molecule has 0 spiro atoms. The Bertz CT molecular complexity index is 822. The molecule has 1 N–H and O–H groups in total. The van der Waals surface area contributed by atoms with Crippen molar-refractivity contribution in [2.45, 2.75) is 18.2 Å². The topological polar surface area (TPSA) is 55.4 Å². The van der Waals surface area contributed by atoms with Gasteiger partial charge in [0.05, 0.1) is 10.6 Å². The van der Waals surface area contributed by atoms with Gasteiger partial charge in [-0.05, 0) is 36.8 Å². The van der Waals surface area contributed by atoms with Crippen LogP contribution in [0.15, 0.2) is 47.4 Å². The van der Waals surface area contributed by atoms with Gasteiger partial charge in [0.25, 0.3) is 10.0 Å². The Kier molecular flexibility index (Phi) is 4.76. The largest absolute Gasteiger partial charge is 0.573 e. The van der Waals surface area contributed by atoms with Gasteiger partial charge in [0.15, 0.2) is 5.75 Å². The summed E-state index contributed by atoms with van der Waals surface area (Å²) in [5.41, 5.74) is 0.341. The summed E-state index contributed by atoms with van der Waals surface area (Å²) < 4.78 is 67.5. The average molecular weight is 366 g/mol. The average Bonchev–Trinajstić information content (AvgIpc) is 2.42. The van der Waals surface area contributed by atoms with Crippen LogP contribution in [-0.2, 0) is 10.0 Å². The van der Waals surface area contributed by atoms with E-state index in [-0.39, 0.29) is 15.6 Å². The van der Waals surface area contributed by atoms with Crippen molar-refractivity contribution in [2.24, 2.45) is 0 Å². The van der Waals surface area contributed by atoms with E-state index in [1.54, 1.807) is 6.92 Å². The second kappa shape index (κ2) is 6.29. The van der Waals surface area contributed by atoms with Crippen LogP contribution in [0.5, 0.6) is 5.75 Å². The SMILES string of the molecule is Cc1ccc(S(=O)(=O)Nc2ccccc2OC(F)(F)F)cc1Cl. The fourth-order valence-corrected chi connectivity index (χ4v) is 3.05. The highest BCUT2D eigenvalue weighted by Crippen LogP contribution is 2.32. The van der Waals surface area contributed by atoms with E-state index < -0.39 is 22.1 Å². The van der Waals surface area contributed by atoms with Crippen LogP contribution >= 0.6 is 11.6 Å². The van der Waals surface area contributed by atoms with Gasteiger partial charge in [-0.2, -0.15) is 0 Å². The summed E-state index contributed by atoms with van der Waals surface area (Å²) in [5, 5.41) is 0.229. The number of benzene rings is 2. The fourth-order valence-electron chi connectivity index (χ4n) is 1.71. The first-order chi connectivity index (χ1) is 10.6. The quantitative estimate of drug-likeness (QED) is 0.876. The minimum Gasteiger partial charge on any atom is -0.404 e. The smallest absolute Gasteiger partial charge is 0.404 e. The van der Waals surface area contributed by atoms with E-state index in [1.807, 2.05) is 0 Å². The number of ether oxygens (including phenoxy) is 1. The van der Waals surface area contributed by atoms with Crippen molar-refractivity contribution in [3.8, 4) is 5.75 Å². The number of hydrogen-bond donors (Lipinski definition) is 1. The molecule has 2 aromatic carbocycles. The molecule has 2 rings (SSSR count). The normalized spacial score (nSPS) is 12.0. The molecule has 0 unspecified atom stereocenters. The van der Waals surface area contributed by atoms with Crippen molar-refractivity contribution in [1.29, 1.82) is 0 Å². The Morgan fingerprint density at radius 1 is 1.13 bits per heavy atom. The molecule has 0 aliphatic heterocycles. The number of rotatable bonds is 4. The second-order valence-electron chi connectivity index (χ2n) is 4.56. The number of anilines is 1. The Hall–Kier alpha value is -1.93. The third-order valence-electron chi connectivity index (χ3n) is 2.81. The summed E-state index contributed by atoms with van der Waals surface area (Å²) in [7, 11) is -4.11. The van der Waals surface area contributed by atoms with Crippen molar-refractivity contribution in [3.05, 3.63) is 53.1 Å². The van der Waals surface area contributed by atoms with E-state index in [0.717, 1.165) is 12.1 Å². The van der Waals surface area contributed by atoms with Gasteiger partial charge in [0.2, 0.25) is 0 Å². The molecule has 0 saturated heterocycles. The molecule has 0 aromatic heterocycles. The zero-order valence-corrected chi connectivity index (χ0v) is 13.3. The number of halogens is 4. The van der Waals surface area contributed by atoms with Gasteiger partial charge in [-0.3, -0.25) is 4.72 Å². The Morgan fingerprint density at radius 3 is 2.39 bits per heavy atom. The van der Waals surface area contributed by atoms with Crippen LogP contribution in [0.2, 0.25) is 5.02 Å². The minimum atomic E-state index is -4.94. The molecule has 0 amide bonds. The van der Waals surface area contributed by atoms with Gasteiger partial charge in [0.1, 0.15) is 0 Å². The van der Waals surface area contributed by atoms with Crippen molar-refractivity contribution < 1.29 is 26.3 Å². The molecule has 0 fully saturated rings. The molecule has 0 aliphatic rings. The summed E-state index contributed by atoms with van der Waals surface area (Å²) in [4.78, 5) is -0.171. The lowest BCUT2D eigenvalue weighted by Crippen LogP contribution is -2.19. The lowest BCUT2D eigenvalue weighted by molar-refractivity contribution is -0.274. The van der Waals surface area contributed by atoms with E-state index in [1.165, 1.54) is 30.3 Å². The Morgan fingerprint density at radius 2 is 1.78 bits per heavy atom. The molecule has 0 heterocycles. The van der Waals surface area contributed by atoms with Crippen LogP contribution < -0.4 is 9.46 Å². The molecule has 124 valence electrons. The molecule has 0 saturated carbocycles. The monoisotopic (exact) mass is 365 g/mol. The van der Waals surface area contributed by atoms with E-state index in [9.17, 15) is 21.6 Å². The lowest BCUT2D eigenvalue weighted by Gasteiger charge is -2.15. The zero-order chi connectivity index (χ0) is 17.3. The summed E-state index contributed by atoms with van der Waals surface area (Å²) in [6, 6.07) is 8.85. The van der Waals surface area contributed by atoms with Crippen LogP contribution in [0, 0.1) is 6.92 Å². The van der Waals surface area contributed by atoms with E-state index in [2.05, 4.69) is 9.46 Å². The first kappa shape index (κ1) is 17.4. The highest BCUT2D eigenvalue weighted by Gasteiger charge is 2.32. The summed E-state index contributed by atoms with van der Waals surface area (Å²) in [5.74, 6) is -0.651. The maximum absolute atomic E-state index is 12.4. The Balaban J connectivity index is 2.36. The molecule has 2 aromatic rings. The summed E-state index contributed by atoms with van der Waals surface area (Å²) >= 11 is 5.88. The predicted octanol–water partition coefficient (Wildman–Crippen LogP) is 4.35. The van der Waals surface area contributed by atoms with E-state index in [0.29, 0.717) is 5.56 Å². The molecule has 9 heteroatoms. The van der Waals surface area contributed by atoms with Gasteiger partial charge < -0.3 is 4.74 Å². The van der Waals surface area contributed by atoms with Crippen molar-refractivity contribution >= 4 is 27.3 Å². The summed E-state index contributed by atoms with van der Waals surface area (Å²) in [6.45, 7) is 1.69. The maximum Gasteiger partial charge on any atom is 0.573 e. The molecule has 23 heavy (non-hydrogen) atoms.